The maximum Gasteiger partial charge on any atom is 0.145 e. The van der Waals surface area contributed by atoms with Gasteiger partial charge in [0.15, 0.2) is 0 Å². The first-order chi connectivity index (χ1) is 8.28. The van der Waals surface area contributed by atoms with Gasteiger partial charge in [0.2, 0.25) is 0 Å². The minimum absolute atomic E-state index is 0.515. The van der Waals surface area contributed by atoms with Gasteiger partial charge < -0.3 is 10.7 Å². The average Bonchev–Trinajstić information content (AvgIpc) is 2.93. The molecule has 0 aliphatic rings. The maximum absolute atomic E-state index is 5.63. The SMILES string of the molecule is CCc1ccc2[nH]cc(-c3cc(N)n[nH]3)c2c1. The van der Waals surface area contributed by atoms with Crippen LogP contribution >= 0.6 is 0 Å². The van der Waals surface area contributed by atoms with Gasteiger partial charge in [-0.05, 0) is 24.1 Å². The van der Waals surface area contributed by atoms with Crippen LogP contribution in [-0.2, 0) is 6.42 Å². The van der Waals surface area contributed by atoms with E-state index >= 15 is 0 Å². The standard InChI is InChI=1S/C13H14N4/c1-2-8-3-4-11-9(5-8)10(7-15-11)12-6-13(14)17-16-12/h3-7,15H,2H2,1H3,(H3,14,16,17). The molecule has 0 aliphatic heterocycles. The Kier molecular flexibility index (Phi) is 2.14. The van der Waals surface area contributed by atoms with Crippen molar-refractivity contribution in [1.82, 2.24) is 15.2 Å². The van der Waals surface area contributed by atoms with Crippen LogP contribution in [0.3, 0.4) is 0 Å². The molecule has 0 unspecified atom stereocenters. The second kappa shape index (κ2) is 3.66. The summed E-state index contributed by atoms with van der Waals surface area (Å²) in [4.78, 5) is 3.26. The van der Waals surface area contributed by atoms with E-state index in [1.165, 1.54) is 10.9 Å². The van der Waals surface area contributed by atoms with Crippen LogP contribution in [0.2, 0.25) is 0 Å². The number of aromatic nitrogens is 3. The molecule has 3 rings (SSSR count). The number of nitrogens with zero attached hydrogens (tertiary/aromatic N) is 1. The number of rotatable bonds is 2. The molecule has 0 atom stereocenters. The Morgan fingerprint density at radius 2 is 2.18 bits per heavy atom. The molecule has 0 amide bonds. The highest BCUT2D eigenvalue weighted by Crippen LogP contribution is 2.28. The van der Waals surface area contributed by atoms with E-state index in [4.69, 9.17) is 5.73 Å². The number of nitrogens with two attached hydrogens (primary N) is 1. The van der Waals surface area contributed by atoms with Crippen LogP contribution < -0.4 is 5.73 Å². The summed E-state index contributed by atoms with van der Waals surface area (Å²) in [6.45, 7) is 2.15. The van der Waals surface area contributed by atoms with Crippen LogP contribution in [0.4, 0.5) is 5.82 Å². The quantitative estimate of drug-likeness (QED) is 0.628. The first-order valence-electron chi connectivity index (χ1n) is 5.69. The average molecular weight is 226 g/mol. The first kappa shape index (κ1) is 9.96. The van der Waals surface area contributed by atoms with Crippen molar-refractivity contribution in [2.45, 2.75) is 13.3 Å². The molecule has 0 aliphatic carbocycles. The molecule has 2 aromatic heterocycles. The summed E-state index contributed by atoms with van der Waals surface area (Å²) in [6.07, 6.45) is 3.02. The largest absolute Gasteiger partial charge is 0.382 e. The van der Waals surface area contributed by atoms with E-state index in [0.717, 1.165) is 23.2 Å². The van der Waals surface area contributed by atoms with E-state index in [9.17, 15) is 0 Å². The summed E-state index contributed by atoms with van der Waals surface area (Å²) in [5.41, 5.74) is 10.1. The molecular formula is C13H14N4. The normalized spacial score (nSPS) is 11.1. The van der Waals surface area contributed by atoms with Gasteiger partial charge in [-0.3, -0.25) is 5.10 Å². The predicted molar refractivity (Wildman–Crippen MR) is 69.7 cm³/mol. The van der Waals surface area contributed by atoms with E-state index in [1.54, 1.807) is 0 Å². The molecule has 0 radical (unpaired) electrons. The second-order valence-corrected chi connectivity index (χ2v) is 4.14. The summed E-state index contributed by atoms with van der Waals surface area (Å²) < 4.78 is 0. The molecule has 0 spiro atoms. The third-order valence-electron chi connectivity index (χ3n) is 3.04. The van der Waals surface area contributed by atoms with Gasteiger partial charge in [-0.15, -0.1) is 0 Å². The van der Waals surface area contributed by atoms with Crippen LogP contribution in [0.15, 0.2) is 30.5 Å². The summed E-state index contributed by atoms with van der Waals surface area (Å²) >= 11 is 0. The molecule has 0 saturated heterocycles. The number of benzene rings is 1. The predicted octanol–water partition coefficient (Wildman–Crippen LogP) is 2.70. The monoisotopic (exact) mass is 226 g/mol. The molecule has 0 fully saturated rings. The summed E-state index contributed by atoms with van der Waals surface area (Å²) in [5, 5.41) is 8.11. The number of nitrogen functional groups attached to an aromatic ring is 1. The van der Waals surface area contributed by atoms with Crippen molar-refractivity contribution in [2.24, 2.45) is 0 Å². The van der Waals surface area contributed by atoms with E-state index < -0.39 is 0 Å². The van der Waals surface area contributed by atoms with Gasteiger partial charge in [0.25, 0.3) is 0 Å². The van der Waals surface area contributed by atoms with Crippen molar-refractivity contribution < 1.29 is 0 Å². The number of fused-ring (bicyclic) bond motifs is 1. The van der Waals surface area contributed by atoms with E-state index in [0.29, 0.717) is 5.82 Å². The zero-order chi connectivity index (χ0) is 11.8. The summed E-state index contributed by atoms with van der Waals surface area (Å²) in [5.74, 6) is 0.515. The summed E-state index contributed by atoms with van der Waals surface area (Å²) in [7, 11) is 0. The fourth-order valence-corrected chi connectivity index (χ4v) is 2.09. The van der Waals surface area contributed by atoms with Gasteiger partial charge in [0, 0.05) is 28.7 Å². The molecule has 3 aromatic rings. The summed E-state index contributed by atoms with van der Waals surface area (Å²) in [6, 6.07) is 8.31. The zero-order valence-electron chi connectivity index (χ0n) is 9.62. The molecule has 17 heavy (non-hydrogen) atoms. The Morgan fingerprint density at radius 1 is 1.29 bits per heavy atom. The molecule has 0 saturated carbocycles. The van der Waals surface area contributed by atoms with Crippen LogP contribution in [-0.4, -0.2) is 15.2 Å². The Labute approximate surface area is 98.8 Å². The molecule has 86 valence electrons. The lowest BCUT2D eigenvalue weighted by Gasteiger charge is -1.98. The van der Waals surface area contributed by atoms with Gasteiger partial charge in [-0.1, -0.05) is 13.0 Å². The van der Waals surface area contributed by atoms with Gasteiger partial charge in [-0.2, -0.15) is 5.10 Å². The van der Waals surface area contributed by atoms with Crippen LogP contribution in [0.1, 0.15) is 12.5 Å². The lowest BCUT2D eigenvalue weighted by Crippen LogP contribution is -1.81. The number of anilines is 1. The highest BCUT2D eigenvalue weighted by Gasteiger charge is 2.08. The molecule has 1 aromatic carbocycles. The highest BCUT2D eigenvalue weighted by molar-refractivity contribution is 5.95. The van der Waals surface area contributed by atoms with Crippen LogP contribution in [0, 0.1) is 0 Å². The smallest absolute Gasteiger partial charge is 0.145 e. The number of H-pyrrole nitrogens is 2. The number of hydrogen-bond acceptors (Lipinski definition) is 2. The Bertz CT molecular complexity index is 663. The zero-order valence-corrected chi connectivity index (χ0v) is 9.62. The molecular weight excluding hydrogens is 212 g/mol. The fraction of sp³-hybridized carbons (Fsp3) is 0.154. The highest BCUT2D eigenvalue weighted by atomic mass is 15.2. The molecule has 4 heteroatoms. The van der Waals surface area contributed by atoms with Crippen LogP contribution in [0.5, 0.6) is 0 Å². The second-order valence-electron chi connectivity index (χ2n) is 4.14. The topological polar surface area (TPSA) is 70.5 Å². The molecule has 4 nitrogen and oxygen atoms in total. The molecule has 0 bridgehead atoms. The third kappa shape index (κ3) is 1.58. The van der Waals surface area contributed by atoms with E-state index in [1.807, 2.05) is 12.3 Å². The Hall–Kier alpha value is -2.23. The lowest BCUT2D eigenvalue weighted by atomic mass is 10.1. The van der Waals surface area contributed by atoms with Crippen molar-refractivity contribution in [1.29, 1.82) is 0 Å². The third-order valence-corrected chi connectivity index (χ3v) is 3.04. The first-order valence-corrected chi connectivity index (χ1v) is 5.69. The van der Waals surface area contributed by atoms with Crippen molar-refractivity contribution in [3.05, 3.63) is 36.0 Å². The van der Waals surface area contributed by atoms with Crippen molar-refractivity contribution in [3.8, 4) is 11.3 Å². The van der Waals surface area contributed by atoms with Crippen molar-refractivity contribution in [2.75, 3.05) is 5.73 Å². The maximum atomic E-state index is 5.63. The lowest BCUT2D eigenvalue weighted by molar-refractivity contribution is 1.10. The Morgan fingerprint density at radius 3 is 2.88 bits per heavy atom. The number of nitrogens with one attached hydrogen (secondary N) is 2. The minimum atomic E-state index is 0.515. The van der Waals surface area contributed by atoms with Gasteiger partial charge in [0.05, 0.1) is 5.69 Å². The van der Waals surface area contributed by atoms with Gasteiger partial charge >= 0.3 is 0 Å². The van der Waals surface area contributed by atoms with Gasteiger partial charge in [0.1, 0.15) is 5.82 Å². The van der Waals surface area contributed by atoms with Crippen molar-refractivity contribution >= 4 is 16.7 Å². The van der Waals surface area contributed by atoms with E-state index in [-0.39, 0.29) is 0 Å². The number of hydrogen-bond donors (Lipinski definition) is 3. The number of aromatic amines is 2. The minimum Gasteiger partial charge on any atom is -0.382 e. The van der Waals surface area contributed by atoms with E-state index in [2.05, 4.69) is 40.3 Å². The fourth-order valence-electron chi connectivity index (χ4n) is 2.09. The molecule has 2 heterocycles. The van der Waals surface area contributed by atoms with Crippen molar-refractivity contribution in [3.63, 3.8) is 0 Å². The van der Waals surface area contributed by atoms with Gasteiger partial charge in [-0.25, -0.2) is 0 Å². The molecule has 4 N–H and O–H groups in total. The Balaban J connectivity index is 2.22. The number of aryl methyl sites for hydroxylation is 1. The van der Waals surface area contributed by atoms with Crippen LogP contribution in [0.25, 0.3) is 22.2 Å².